The molecule has 2 aromatic carbocycles. The summed E-state index contributed by atoms with van der Waals surface area (Å²) in [6, 6.07) is 10.6. The third kappa shape index (κ3) is 3.93. The van der Waals surface area contributed by atoms with Crippen LogP contribution in [-0.2, 0) is 6.54 Å². The van der Waals surface area contributed by atoms with Crippen LogP contribution in [0, 0.1) is 0 Å². The first-order valence-corrected chi connectivity index (χ1v) is 8.25. The number of hydrogen-bond acceptors (Lipinski definition) is 5. The highest BCUT2D eigenvalue weighted by Crippen LogP contribution is 2.32. The average molecular weight is 358 g/mol. The van der Waals surface area contributed by atoms with Gasteiger partial charge in [0.2, 0.25) is 6.79 Å². The van der Waals surface area contributed by atoms with Crippen molar-refractivity contribution in [3.8, 4) is 23.0 Å². The molecule has 3 rings (SSSR count). The van der Waals surface area contributed by atoms with Crippen molar-refractivity contribution in [1.82, 2.24) is 10.6 Å². The molecule has 1 aliphatic rings. The summed E-state index contributed by atoms with van der Waals surface area (Å²) in [5, 5.41) is 5.74. The molecule has 1 atom stereocenters. The highest BCUT2D eigenvalue weighted by molar-refractivity contribution is 5.74. The van der Waals surface area contributed by atoms with Crippen LogP contribution < -0.4 is 29.6 Å². The van der Waals surface area contributed by atoms with E-state index in [1.807, 2.05) is 37.3 Å². The Morgan fingerprint density at radius 3 is 2.69 bits per heavy atom. The summed E-state index contributed by atoms with van der Waals surface area (Å²) in [6.07, 6.45) is 0. The van der Waals surface area contributed by atoms with Crippen molar-refractivity contribution < 1.29 is 23.7 Å². The van der Waals surface area contributed by atoms with Crippen LogP contribution >= 0.6 is 0 Å². The first kappa shape index (κ1) is 17.7. The van der Waals surface area contributed by atoms with Gasteiger partial charge in [-0.3, -0.25) is 0 Å². The maximum Gasteiger partial charge on any atom is 0.315 e. The van der Waals surface area contributed by atoms with E-state index in [9.17, 15) is 4.79 Å². The molecule has 0 radical (unpaired) electrons. The van der Waals surface area contributed by atoms with Gasteiger partial charge in [-0.2, -0.15) is 0 Å². The fraction of sp³-hybridized carbons (Fsp3) is 0.316. The first-order valence-electron chi connectivity index (χ1n) is 8.25. The monoisotopic (exact) mass is 358 g/mol. The molecule has 2 N–H and O–H groups in total. The fourth-order valence-electron chi connectivity index (χ4n) is 2.73. The normalized spacial score (nSPS) is 13.0. The maximum absolute atomic E-state index is 12.2. The second-order valence-corrected chi connectivity index (χ2v) is 5.84. The lowest BCUT2D eigenvalue weighted by Gasteiger charge is -2.18. The number of hydrogen-bond donors (Lipinski definition) is 2. The summed E-state index contributed by atoms with van der Waals surface area (Å²) in [5.74, 6) is 2.78. The van der Waals surface area contributed by atoms with Gasteiger partial charge in [-0.15, -0.1) is 0 Å². The Morgan fingerprint density at radius 2 is 1.92 bits per heavy atom. The summed E-state index contributed by atoms with van der Waals surface area (Å²) >= 11 is 0. The standard InChI is InChI=1S/C19H22N2O5/c1-12(15-6-5-14(23-2)9-17(15)24-3)21-19(22)20-10-13-4-7-16-18(8-13)26-11-25-16/h4-9,12H,10-11H2,1-3H3,(H2,20,21,22)/t12-/m0/s1. The average Bonchev–Trinajstić information content (AvgIpc) is 3.13. The number of nitrogens with one attached hydrogen (secondary N) is 2. The van der Waals surface area contributed by atoms with Crippen LogP contribution in [0.4, 0.5) is 4.79 Å². The molecule has 0 spiro atoms. The number of amides is 2. The Balaban J connectivity index is 1.57. The zero-order chi connectivity index (χ0) is 18.5. The molecule has 0 saturated carbocycles. The number of benzene rings is 2. The Kier molecular flexibility index (Phi) is 5.36. The van der Waals surface area contributed by atoms with Crippen LogP contribution in [0.5, 0.6) is 23.0 Å². The van der Waals surface area contributed by atoms with Crippen molar-refractivity contribution in [2.24, 2.45) is 0 Å². The molecule has 0 unspecified atom stereocenters. The number of ether oxygens (including phenoxy) is 4. The van der Waals surface area contributed by atoms with Crippen LogP contribution in [0.15, 0.2) is 36.4 Å². The number of carbonyl (C=O) groups excluding carboxylic acids is 1. The van der Waals surface area contributed by atoms with E-state index in [-0.39, 0.29) is 18.9 Å². The van der Waals surface area contributed by atoms with E-state index in [1.165, 1.54) is 0 Å². The Hall–Kier alpha value is -3.09. The van der Waals surface area contributed by atoms with Gasteiger partial charge >= 0.3 is 6.03 Å². The molecule has 1 aliphatic heterocycles. The van der Waals surface area contributed by atoms with Crippen molar-refractivity contribution in [2.75, 3.05) is 21.0 Å². The number of methoxy groups -OCH3 is 2. The molecule has 7 heteroatoms. The summed E-state index contributed by atoms with van der Waals surface area (Å²) in [4.78, 5) is 12.2. The quantitative estimate of drug-likeness (QED) is 0.830. The van der Waals surface area contributed by atoms with Crippen molar-refractivity contribution in [3.63, 3.8) is 0 Å². The smallest absolute Gasteiger partial charge is 0.315 e. The summed E-state index contributed by atoms with van der Waals surface area (Å²) in [6.45, 7) is 2.51. The molecular formula is C19H22N2O5. The minimum absolute atomic E-state index is 0.229. The predicted octanol–water partition coefficient (Wildman–Crippen LogP) is 2.99. The van der Waals surface area contributed by atoms with E-state index in [0.717, 1.165) is 16.9 Å². The molecular weight excluding hydrogens is 336 g/mol. The van der Waals surface area contributed by atoms with E-state index in [4.69, 9.17) is 18.9 Å². The van der Waals surface area contributed by atoms with Gasteiger partial charge in [0.15, 0.2) is 11.5 Å². The minimum Gasteiger partial charge on any atom is -0.497 e. The van der Waals surface area contributed by atoms with Gasteiger partial charge < -0.3 is 29.6 Å². The Morgan fingerprint density at radius 1 is 1.12 bits per heavy atom. The third-order valence-corrected chi connectivity index (χ3v) is 4.14. The maximum atomic E-state index is 12.2. The van der Waals surface area contributed by atoms with Gasteiger partial charge in [0.25, 0.3) is 0 Å². The van der Waals surface area contributed by atoms with E-state index < -0.39 is 0 Å². The number of carbonyl (C=O) groups is 1. The van der Waals surface area contributed by atoms with Gasteiger partial charge in [0.1, 0.15) is 11.5 Å². The molecule has 1 heterocycles. The SMILES string of the molecule is COc1ccc([C@H](C)NC(=O)NCc2ccc3c(c2)OCO3)c(OC)c1. The lowest BCUT2D eigenvalue weighted by Crippen LogP contribution is -2.36. The molecule has 26 heavy (non-hydrogen) atoms. The lowest BCUT2D eigenvalue weighted by molar-refractivity contribution is 0.174. The van der Waals surface area contributed by atoms with Crippen LogP contribution in [0.3, 0.4) is 0 Å². The van der Waals surface area contributed by atoms with Gasteiger partial charge in [0, 0.05) is 18.2 Å². The molecule has 2 aromatic rings. The molecule has 7 nitrogen and oxygen atoms in total. The second-order valence-electron chi connectivity index (χ2n) is 5.84. The van der Waals surface area contributed by atoms with E-state index in [0.29, 0.717) is 23.8 Å². The highest BCUT2D eigenvalue weighted by Gasteiger charge is 2.16. The van der Waals surface area contributed by atoms with Crippen molar-refractivity contribution in [2.45, 2.75) is 19.5 Å². The fourth-order valence-corrected chi connectivity index (χ4v) is 2.73. The third-order valence-electron chi connectivity index (χ3n) is 4.14. The van der Waals surface area contributed by atoms with E-state index in [1.54, 1.807) is 20.3 Å². The first-order chi connectivity index (χ1) is 12.6. The number of fused-ring (bicyclic) bond motifs is 1. The second kappa shape index (κ2) is 7.86. The molecule has 2 amide bonds. The van der Waals surface area contributed by atoms with Crippen LogP contribution in [0.1, 0.15) is 24.1 Å². The largest absolute Gasteiger partial charge is 0.497 e. The molecule has 0 aliphatic carbocycles. The lowest BCUT2D eigenvalue weighted by atomic mass is 10.1. The van der Waals surface area contributed by atoms with E-state index >= 15 is 0 Å². The number of urea groups is 1. The Bertz CT molecular complexity index is 793. The molecule has 0 bridgehead atoms. The molecule has 0 aromatic heterocycles. The number of rotatable bonds is 6. The van der Waals surface area contributed by atoms with Gasteiger partial charge in [-0.05, 0) is 36.8 Å². The molecule has 138 valence electrons. The molecule has 0 saturated heterocycles. The summed E-state index contributed by atoms with van der Waals surface area (Å²) < 4.78 is 21.2. The minimum atomic E-state index is -0.270. The Labute approximate surface area is 152 Å². The molecule has 0 fully saturated rings. The van der Waals surface area contributed by atoms with Crippen LogP contribution in [-0.4, -0.2) is 27.0 Å². The van der Waals surface area contributed by atoms with Crippen molar-refractivity contribution in [1.29, 1.82) is 0 Å². The zero-order valence-electron chi connectivity index (χ0n) is 15.0. The van der Waals surface area contributed by atoms with Crippen molar-refractivity contribution >= 4 is 6.03 Å². The zero-order valence-corrected chi connectivity index (χ0v) is 15.0. The summed E-state index contributed by atoms with van der Waals surface area (Å²) in [5.41, 5.74) is 1.80. The van der Waals surface area contributed by atoms with Crippen molar-refractivity contribution in [3.05, 3.63) is 47.5 Å². The summed E-state index contributed by atoms with van der Waals surface area (Å²) in [7, 11) is 3.18. The van der Waals surface area contributed by atoms with Crippen LogP contribution in [0.25, 0.3) is 0 Å². The van der Waals surface area contributed by atoms with Gasteiger partial charge in [0.05, 0.1) is 20.3 Å². The van der Waals surface area contributed by atoms with E-state index in [2.05, 4.69) is 10.6 Å². The van der Waals surface area contributed by atoms with Crippen LogP contribution in [0.2, 0.25) is 0 Å². The van der Waals surface area contributed by atoms with Gasteiger partial charge in [-0.25, -0.2) is 4.79 Å². The predicted molar refractivity (Wildman–Crippen MR) is 95.9 cm³/mol. The van der Waals surface area contributed by atoms with Gasteiger partial charge in [-0.1, -0.05) is 6.07 Å². The highest BCUT2D eigenvalue weighted by atomic mass is 16.7. The topological polar surface area (TPSA) is 78.1 Å².